The van der Waals surface area contributed by atoms with Crippen LogP contribution in [0.2, 0.25) is 0 Å². The summed E-state index contributed by atoms with van der Waals surface area (Å²) in [6.07, 6.45) is -2.44. The largest absolute Gasteiger partial charge is 0.456 e. The van der Waals surface area contributed by atoms with Crippen LogP contribution >= 0.6 is 0 Å². The molecule has 2 aromatic heterocycles. The average Bonchev–Trinajstić information content (AvgIpc) is 3.76. The number of imidazole rings is 1. The van der Waals surface area contributed by atoms with Gasteiger partial charge in [-0.05, 0) is 6.42 Å². The van der Waals surface area contributed by atoms with E-state index in [2.05, 4.69) is 15.0 Å². The van der Waals surface area contributed by atoms with Gasteiger partial charge in [-0.15, -0.1) is 0 Å². The number of ether oxygens (including phenoxy) is 9. The van der Waals surface area contributed by atoms with E-state index in [1.165, 1.54) is 28.3 Å². The summed E-state index contributed by atoms with van der Waals surface area (Å²) < 4.78 is 50.8. The van der Waals surface area contributed by atoms with Crippen LogP contribution in [0.5, 0.6) is 0 Å². The smallest absolute Gasteiger partial charge is 0.303 e. The third-order valence-corrected chi connectivity index (χ3v) is 8.01. The van der Waals surface area contributed by atoms with Crippen LogP contribution in [0.15, 0.2) is 36.7 Å². The number of nitrogens with two attached hydrogens (primary N) is 2. The lowest BCUT2D eigenvalue weighted by atomic mass is 10.1. The fourth-order valence-electron chi connectivity index (χ4n) is 5.94. The summed E-state index contributed by atoms with van der Waals surface area (Å²) in [5.41, 5.74) is 12.0. The van der Waals surface area contributed by atoms with Crippen molar-refractivity contribution in [3.8, 4) is 0 Å². The maximum atomic E-state index is 12.1. The molecule has 10 unspecified atom stereocenters. The number of amides is 1. The summed E-state index contributed by atoms with van der Waals surface area (Å²) in [5.74, 6) is -3.61. The van der Waals surface area contributed by atoms with Crippen molar-refractivity contribution in [1.29, 1.82) is 0 Å². The lowest BCUT2D eigenvalue weighted by Crippen LogP contribution is -2.45. The Kier molecular flexibility index (Phi) is 12.7. The van der Waals surface area contributed by atoms with Gasteiger partial charge in [0.25, 0.3) is 13.0 Å². The Bertz CT molecular complexity index is 1790. The molecule has 2 fully saturated rings. The summed E-state index contributed by atoms with van der Waals surface area (Å²) in [5, 5.41) is 20.9. The molecule has 0 radical (unpaired) electrons. The molecular formula is C31H39N7O16. The van der Waals surface area contributed by atoms with E-state index in [-0.39, 0.29) is 29.0 Å². The number of allylic oxidation sites excluding steroid dienone is 1. The highest BCUT2D eigenvalue weighted by molar-refractivity contribution is 5.92. The molecule has 3 aliphatic rings. The van der Waals surface area contributed by atoms with Crippen molar-refractivity contribution in [3.05, 3.63) is 36.7 Å². The number of hydrogen-bond acceptors (Lipinski definition) is 21. The van der Waals surface area contributed by atoms with Crippen molar-refractivity contribution in [1.82, 2.24) is 24.4 Å². The molecule has 5 rings (SSSR count). The fourth-order valence-corrected chi connectivity index (χ4v) is 5.94. The molecule has 5 heterocycles. The first kappa shape index (κ1) is 39.9. The van der Waals surface area contributed by atoms with E-state index in [0.29, 0.717) is 0 Å². The summed E-state index contributed by atoms with van der Waals surface area (Å²) >= 11 is 0. The summed E-state index contributed by atoms with van der Waals surface area (Å²) in [4.78, 5) is 73.6. The topological polar surface area (TPSA) is 308 Å². The van der Waals surface area contributed by atoms with Gasteiger partial charge in [-0.1, -0.05) is 6.08 Å². The fraction of sp³-hybridized carbons (Fsp3) is 0.548. The van der Waals surface area contributed by atoms with Crippen LogP contribution < -0.4 is 11.5 Å². The van der Waals surface area contributed by atoms with E-state index in [1.807, 2.05) is 0 Å². The number of esters is 4. The maximum Gasteiger partial charge on any atom is 0.303 e. The summed E-state index contributed by atoms with van der Waals surface area (Å²) in [6, 6.07) is 0. The molecule has 0 bridgehead atoms. The number of rotatable bonds is 15. The second-order valence-electron chi connectivity index (χ2n) is 12.0. The van der Waals surface area contributed by atoms with Gasteiger partial charge in [0.1, 0.15) is 24.1 Å². The van der Waals surface area contributed by atoms with Gasteiger partial charge in [0, 0.05) is 45.7 Å². The third kappa shape index (κ3) is 9.43. The number of nitrogens with zero attached hydrogens (tertiary/aromatic N) is 5. The van der Waals surface area contributed by atoms with Gasteiger partial charge >= 0.3 is 23.9 Å². The number of carbonyl (C=O) groups excluding carboxylic acids is 5. The minimum Gasteiger partial charge on any atom is -0.456 e. The van der Waals surface area contributed by atoms with E-state index < -0.39 is 105 Å². The van der Waals surface area contributed by atoms with Crippen LogP contribution in [0.25, 0.3) is 11.2 Å². The average molecular weight is 766 g/mol. The Balaban J connectivity index is 1.24. The van der Waals surface area contributed by atoms with Crippen LogP contribution in [0.1, 0.15) is 40.3 Å². The van der Waals surface area contributed by atoms with Crippen LogP contribution in [-0.4, -0.2) is 133 Å². The highest BCUT2D eigenvalue weighted by atomic mass is 16.9. The van der Waals surface area contributed by atoms with Gasteiger partial charge in [0.15, 0.2) is 48.3 Å². The molecule has 0 aromatic carbocycles. The zero-order chi connectivity index (χ0) is 39.3. The Hall–Kier alpha value is -5.30. The predicted molar refractivity (Wildman–Crippen MR) is 172 cm³/mol. The maximum absolute atomic E-state index is 12.1. The van der Waals surface area contributed by atoms with Crippen LogP contribution in [-0.2, 0) is 66.6 Å². The lowest BCUT2D eigenvalue weighted by molar-refractivity contribution is -0.383. The number of hydrogen-bond donors (Lipinski definition) is 4. The number of nitrogen functional groups attached to an aromatic ring is 1. The first-order valence-electron chi connectivity index (χ1n) is 16.2. The zero-order valence-corrected chi connectivity index (χ0v) is 29.3. The third-order valence-electron chi connectivity index (χ3n) is 8.01. The minimum atomic E-state index is -2.18. The Morgan fingerprint density at radius 3 is 1.87 bits per heavy atom. The molecule has 1 amide bonds. The van der Waals surface area contributed by atoms with Crippen LogP contribution in [0.3, 0.4) is 0 Å². The van der Waals surface area contributed by atoms with Gasteiger partial charge in [-0.25, -0.2) is 15.0 Å². The number of fused-ring (bicyclic) bond motifs is 1. The highest BCUT2D eigenvalue weighted by Gasteiger charge is 2.52. The number of carbonyl (C=O) groups is 5. The molecule has 0 spiro atoms. The van der Waals surface area contributed by atoms with Crippen LogP contribution in [0.4, 0.5) is 5.82 Å². The van der Waals surface area contributed by atoms with Crippen molar-refractivity contribution >= 4 is 46.8 Å². The SMILES string of the molecule is CC(=O)OC1C(COC(O)OC(O)OCC2OC(n3cnc4c(N)ncnc43)C(OC(C)=O)C2OC(C)=O)OC(N2C=CCC(C(N)=O)=C2)C1OC(C)=O. The monoisotopic (exact) mass is 765 g/mol. The van der Waals surface area contributed by atoms with Gasteiger partial charge in [0.05, 0.1) is 19.5 Å². The van der Waals surface area contributed by atoms with E-state index >= 15 is 0 Å². The predicted octanol–water partition coefficient (Wildman–Crippen LogP) is -2.05. The molecule has 23 heteroatoms. The Morgan fingerprint density at radius 2 is 1.33 bits per heavy atom. The molecule has 10 atom stereocenters. The van der Waals surface area contributed by atoms with E-state index in [4.69, 9.17) is 54.1 Å². The molecule has 54 heavy (non-hydrogen) atoms. The normalized spacial score (nSPS) is 27.6. The molecule has 2 saturated heterocycles. The first-order chi connectivity index (χ1) is 25.6. The Morgan fingerprint density at radius 1 is 0.815 bits per heavy atom. The molecular weight excluding hydrogens is 726 g/mol. The second kappa shape index (κ2) is 17.2. The van der Waals surface area contributed by atoms with Crippen molar-refractivity contribution in [2.45, 2.75) is 96.1 Å². The second-order valence-corrected chi connectivity index (χ2v) is 12.0. The molecule has 2 aromatic rings. The van der Waals surface area contributed by atoms with Crippen molar-refractivity contribution in [2.75, 3.05) is 18.9 Å². The van der Waals surface area contributed by atoms with Crippen molar-refractivity contribution in [2.24, 2.45) is 5.73 Å². The van der Waals surface area contributed by atoms with Gasteiger partial charge < -0.3 is 64.5 Å². The molecule has 6 N–H and O–H groups in total. The minimum absolute atomic E-state index is 0.0683. The zero-order valence-electron chi connectivity index (χ0n) is 29.3. The summed E-state index contributed by atoms with van der Waals surface area (Å²) in [6.45, 7) is -0.956. The molecule has 0 aliphatic carbocycles. The number of primary amides is 1. The molecule has 0 saturated carbocycles. The quantitative estimate of drug-likeness (QED) is 0.0861. The molecule has 294 valence electrons. The number of aliphatic hydroxyl groups excluding tert-OH is 2. The van der Waals surface area contributed by atoms with E-state index in [1.54, 1.807) is 12.3 Å². The van der Waals surface area contributed by atoms with Gasteiger partial charge in [0.2, 0.25) is 5.91 Å². The summed E-state index contributed by atoms with van der Waals surface area (Å²) in [7, 11) is 0. The first-order valence-corrected chi connectivity index (χ1v) is 16.2. The number of anilines is 1. The van der Waals surface area contributed by atoms with E-state index in [9.17, 15) is 34.2 Å². The van der Waals surface area contributed by atoms with Crippen molar-refractivity contribution in [3.63, 3.8) is 0 Å². The Labute approximate surface area is 305 Å². The highest BCUT2D eigenvalue weighted by Crippen LogP contribution is 2.37. The van der Waals surface area contributed by atoms with Crippen LogP contribution in [0, 0.1) is 0 Å². The van der Waals surface area contributed by atoms with E-state index in [0.717, 1.165) is 27.7 Å². The van der Waals surface area contributed by atoms with Gasteiger partial charge in [-0.2, -0.15) is 0 Å². The molecule has 23 nitrogen and oxygen atoms in total. The number of aromatic nitrogens is 4. The standard InChI is InChI=1S/C31H39N7O16/c1-13(39)48-21-18(52-28(23(21)50-15(3)41)37-7-5-6-17(8-37)26(33)43)9-46-30(44)54-31(45)47-10-19-22(49-14(2)40)24(51-16(4)42)29(53-19)38-12-36-20-25(32)34-11-35-27(20)38/h5,7-8,11-12,18-19,21-24,28-31,44-45H,6,9-10H2,1-4H3,(H2,33,43)(H2,32,34,35). The van der Waals surface area contributed by atoms with Gasteiger partial charge in [-0.3, -0.25) is 33.3 Å². The number of aliphatic hydroxyl groups is 2. The molecule has 3 aliphatic heterocycles. The lowest BCUT2D eigenvalue weighted by Gasteiger charge is -2.30. The van der Waals surface area contributed by atoms with Crippen molar-refractivity contribution < 1.29 is 76.8 Å².